The Labute approximate surface area is 150 Å². The summed E-state index contributed by atoms with van der Waals surface area (Å²) < 4.78 is 5.51. The summed E-state index contributed by atoms with van der Waals surface area (Å²) in [7, 11) is 0. The number of hydrogen-bond acceptors (Lipinski definition) is 4. The highest BCUT2D eigenvalue weighted by molar-refractivity contribution is 5.92. The number of allylic oxidation sites excluding steroid dienone is 1. The summed E-state index contributed by atoms with van der Waals surface area (Å²) in [6, 6.07) is 0. The van der Waals surface area contributed by atoms with Gasteiger partial charge in [0.2, 0.25) is 0 Å². The first-order valence-electron chi connectivity index (χ1n) is 9.96. The molecule has 3 saturated carbocycles. The van der Waals surface area contributed by atoms with Crippen LogP contribution < -0.4 is 0 Å². The number of ether oxygens (including phenoxy) is 1. The zero-order valence-corrected chi connectivity index (χ0v) is 15.8. The molecule has 6 atom stereocenters. The Morgan fingerprint density at radius 1 is 1.20 bits per heavy atom. The number of hydrogen-bond donors (Lipinski definition) is 1. The molecular formula is C21H31NO3. The lowest BCUT2D eigenvalue weighted by Crippen LogP contribution is -2.50. The SMILES string of the molecule is CC(=O)O[C@@H]1CC[C@@]2(C)C(=CC[C@@H]3[C@H]2CC[C@@]2(C)/C(=N\O)CC[C@H]32)C1. The second-order valence-electron chi connectivity index (χ2n) is 9.28. The van der Waals surface area contributed by atoms with E-state index < -0.39 is 0 Å². The highest BCUT2D eigenvalue weighted by Gasteiger charge is 2.58. The van der Waals surface area contributed by atoms with Gasteiger partial charge in [-0.25, -0.2) is 0 Å². The largest absolute Gasteiger partial charge is 0.462 e. The predicted molar refractivity (Wildman–Crippen MR) is 96.5 cm³/mol. The molecule has 3 fully saturated rings. The van der Waals surface area contributed by atoms with E-state index in [1.54, 1.807) is 0 Å². The maximum atomic E-state index is 11.3. The number of carbonyl (C=O) groups excluding carboxylic acids is 1. The smallest absolute Gasteiger partial charge is 0.302 e. The van der Waals surface area contributed by atoms with Gasteiger partial charge in [-0.05, 0) is 68.1 Å². The summed E-state index contributed by atoms with van der Waals surface area (Å²) in [5.74, 6) is 1.93. The van der Waals surface area contributed by atoms with E-state index >= 15 is 0 Å². The summed E-state index contributed by atoms with van der Waals surface area (Å²) in [5, 5.41) is 13.1. The van der Waals surface area contributed by atoms with Crippen molar-refractivity contribution in [3.63, 3.8) is 0 Å². The summed E-state index contributed by atoms with van der Waals surface area (Å²) >= 11 is 0. The van der Waals surface area contributed by atoms with E-state index in [-0.39, 0.29) is 22.9 Å². The fourth-order valence-corrected chi connectivity index (χ4v) is 6.92. The molecule has 0 unspecified atom stereocenters. The first-order chi connectivity index (χ1) is 11.9. The Balaban J connectivity index is 1.60. The van der Waals surface area contributed by atoms with E-state index in [4.69, 9.17) is 4.74 Å². The molecule has 4 aliphatic carbocycles. The lowest BCUT2D eigenvalue weighted by Gasteiger charge is -2.57. The molecule has 0 aromatic carbocycles. The van der Waals surface area contributed by atoms with E-state index in [1.165, 1.54) is 25.3 Å². The van der Waals surface area contributed by atoms with Gasteiger partial charge in [-0.2, -0.15) is 0 Å². The molecule has 1 N–H and O–H groups in total. The van der Waals surface area contributed by atoms with Crippen molar-refractivity contribution in [3.8, 4) is 0 Å². The van der Waals surface area contributed by atoms with Crippen LogP contribution in [0.1, 0.15) is 72.1 Å². The summed E-state index contributed by atoms with van der Waals surface area (Å²) in [4.78, 5) is 11.3. The molecule has 4 nitrogen and oxygen atoms in total. The zero-order valence-electron chi connectivity index (χ0n) is 15.8. The maximum Gasteiger partial charge on any atom is 0.302 e. The molecule has 0 bridgehead atoms. The third-order valence-corrected chi connectivity index (χ3v) is 8.25. The van der Waals surface area contributed by atoms with Gasteiger partial charge in [0.25, 0.3) is 0 Å². The monoisotopic (exact) mass is 345 g/mol. The molecule has 0 radical (unpaired) electrons. The van der Waals surface area contributed by atoms with Crippen LogP contribution in [-0.4, -0.2) is 23.0 Å². The van der Waals surface area contributed by atoms with Crippen LogP contribution in [0, 0.1) is 28.6 Å². The van der Waals surface area contributed by atoms with Crippen LogP contribution in [0.25, 0.3) is 0 Å². The Hall–Kier alpha value is -1.32. The van der Waals surface area contributed by atoms with Gasteiger partial charge < -0.3 is 9.94 Å². The molecule has 0 amide bonds. The lowest BCUT2D eigenvalue weighted by molar-refractivity contribution is -0.148. The molecule has 0 aliphatic heterocycles. The minimum atomic E-state index is -0.155. The minimum Gasteiger partial charge on any atom is -0.462 e. The molecule has 0 heterocycles. The van der Waals surface area contributed by atoms with Crippen molar-refractivity contribution >= 4 is 11.7 Å². The highest BCUT2D eigenvalue weighted by Crippen LogP contribution is 2.64. The van der Waals surface area contributed by atoms with Crippen molar-refractivity contribution in [2.75, 3.05) is 0 Å². The van der Waals surface area contributed by atoms with E-state index in [2.05, 4.69) is 25.1 Å². The highest BCUT2D eigenvalue weighted by atomic mass is 16.5. The van der Waals surface area contributed by atoms with Crippen LogP contribution in [0.15, 0.2) is 16.8 Å². The Morgan fingerprint density at radius 2 is 1.92 bits per heavy atom. The number of esters is 1. The summed E-state index contributed by atoms with van der Waals surface area (Å²) in [5.41, 5.74) is 2.94. The molecule has 0 aromatic rings. The van der Waals surface area contributed by atoms with Crippen LogP contribution in [0.4, 0.5) is 0 Å². The van der Waals surface area contributed by atoms with Crippen LogP contribution in [0.2, 0.25) is 0 Å². The Bertz CT molecular complexity index is 639. The first kappa shape index (κ1) is 17.1. The van der Waals surface area contributed by atoms with Gasteiger partial charge in [0.1, 0.15) is 6.10 Å². The zero-order chi connectivity index (χ0) is 17.8. The third kappa shape index (κ3) is 2.47. The van der Waals surface area contributed by atoms with Crippen molar-refractivity contribution in [1.82, 2.24) is 0 Å². The fraction of sp³-hybridized carbons (Fsp3) is 0.810. The lowest BCUT2D eigenvalue weighted by atomic mass is 9.48. The second kappa shape index (κ2) is 5.85. The van der Waals surface area contributed by atoms with Gasteiger partial charge in [0.05, 0.1) is 5.71 Å². The van der Waals surface area contributed by atoms with Crippen LogP contribution in [0.3, 0.4) is 0 Å². The number of fused-ring (bicyclic) bond motifs is 5. The van der Waals surface area contributed by atoms with Gasteiger partial charge in [-0.1, -0.05) is 30.7 Å². The average molecular weight is 345 g/mol. The van der Waals surface area contributed by atoms with E-state index in [1.807, 2.05) is 0 Å². The van der Waals surface area contributed by atoms with Crippen molar-refractivity contribution in [3.05, 3.63) is 11.6 Å². The van der Waals surface area contributed by atoms with Crippen molar-refractivity contribution < 1.29 is 14.7 Å². The van der Waals surface area contributed by atoms with Gasteiger partial charge in [0, 0.05) is 18.8 Å². The molecule has 4 heteroatoms. The van der Waals surface area contributed by atoms with Crippen molar-refractivity contribution in [2.45, 2.75) is 78.2 Å². The second-order valence-corrected chi connectivity index (χ2v) is 9.28. The standard InChI is InChI=1S/C21H31NO3/c1-13(23)25-15-8-10-20(2)14(12-15)4-5-16-17-6-7-19(22-24)21(17,3)11-9-18(16)20/h4,15-18,24H,5-12H2,1-3H3/b22-19-/t15-,16+,17-,18-,20+,21-/m1/s1. The molecule has 0 spiro atoms. The fourth-order valence-electron chi connectivity index (χ4n) is 6.92. The number of carbonyl (C=O) groups is 1. The first-order valence-corrected chi connectivity index (χ1v) is 9.96. The molecule has 138 valence electrons. The molecule has 0 aromatic heterocycles. The van der Waals surface area contributed by atoms with Crippen LogP contribution in [-0.2, 0) is 9.53 Å². The number of nitrogens with zero attached hydrogens (tertiary/aromatic N) is 1. The van der Waals surface area contributed by atoms with Gasteiger partial charge in [-0.3, -0.25) is 4.79 Å². The summed E-state index contributed by atoms with van der Waals surface area (Å²) in [6.45, 7) is 6.30. The molecule has 4 aliphatic rings. The number of rotatable bonds is 1. The summed E-state index contributed by atoms with van der Waals surface area (Å²) in [6.07, 6.45) is 11.2. The van der Waals surface area contributed by atoms with E-state index in [0.29, 0.717) is 11.8 Å². The van der Waals surface area contributed by atoms with Crippen LogP contribution in [0.5, 0.6) is 0 Å². The Kier molecular flexibility index (Phi) is 4.01. The van der Waals surface area contributed by atoms with E-state index in [0.717, 1.165) is 50.2 Å². The van der Waals surface area contributed by atoms with Crippen molar-refractivity contribution in [2.24, 2.45) is 33.7 Å². The molecular weight excluding hydrogens is 314 g/mol. The van der Waals surface area contributed by atoms with Gasteiger partial charge in [-0.15, -0.1) is 0 Å². The van der Waals surface area contributed by atoms with Gasteiger partial charge in [0.15, 0.2) is 0 Å². The number of oxime groups is 1. The predicted octanol–water partition coefficient (Wildman–Crippen LogP) is 4.71. The Morgan fingerprint density at radius 3 is 2.64 bits per heavy atom. The quantitative estimate of drug-likeness (QED) is 0.324. The molecule has 4 rings (SSSR count). The maximum absolute atomic E-state index is 11.3. The van der Waals surface area contributed by atoms with Crippen LogP contribution >= 0.6 is 0 Å². The van der Waals surface area contributed by atoms with E-state index in [9.17, 15) is 10.0 Å². The normalized spacial score (nSPS) is 47.5. The topological polar surface area (TPSA) is 58.9 Å². The average Bonchev–Trinajstić information content (AvgIpc) is 2.91. The minimum absolute atomic E-state index is 0.0711. The van der Waals surface area contributed by atoms with Crippen molar-refractivity contribution in [1.29, 1.82) is 0 Å². The molecule has 0 saturated heterocycles. The third-order valence-electron chi connectivity index (χ3n) is 8.25. The van der Waals surface area contributed by atoms with Gasteiger partial charge >= 0.3 is 5.97 Å². The molecule has 25 heavy (non-hydrogen) atoms.